The highest BCUT2D eigenvalue weighted by Gasteiger charge is 2.26. The zero-order chi connectivity index (χ0) is 17.7. The molecule has 0 aliphatic carbocycles. The van der Waals surface area contributed by atoms with Gasteiger partial charge in [0.1, 0.15) is 5.75 Å². The van der Waals surface area contributed by atoms with E-state index in [1.54, 1.807) is 42.2 Å². The maximum Gasteiger partial charge on any atom is 0.243 e. The minimum absolute atomic E-state index is 0.282. The third-order valence-corrected chi connectivity index (χ3v) is 6.73. The van der Waals surface area contributed by atoms with Gasteiger partial charge in [-0.25, -0.2) is 13.4 Å². The molecule has 0 saturated carbocycles. The molecular weight excluding hydrogens is 362 g/mol. The molecule has 0 radical (unpaired) electrons. The van der Waals surface area contributed by atoms with Gasteiger partial charge in [-0.05, 0) is 24.3 Å². The van der Waals surface area contributed by atoms with Crippen LogP contribution in [0.2, 0.25) is 0 Å². The molecule has 0 amide bonds. The molecule has 2 heterocycles. The summed E-state index contributed by atoms with van der Waals surface area (Å²) in [6.07, 6.45) is 3.66. The lowest BCUT2D eigenvalue weighted by atomic mass is 10.3. The molecule has 1 fully saturated rings. The zero-order valence-corrected chi connectivity index (χ0v) is 15.6. The molecule has 0 spiro atoms. The topological polar surface area (TPSA) is 73.7 Å². The largest absolute Gasteiger partial charge is 0.493 e. The van der Waals surface area contributed by atoms with Gasteiger partial charge in [-0.1, -0.05) is 11.8 Å². The Morgan fingerprint density at radius 1 is 1.24 bits per heavy atom. The summed E-state index contributed by atoms with van der Waals surface area (Å²) in [6.45, 7) is 2.19. The molecule has 3 rings (SSSR count). The van der Waals surface area contributed by atoms with Crippen LogP contribution in [0.15, 0.2) is 46.7 Å². The first kappa shape index (κ1) is 18.2. The molecule has 7 nitrogen and oxygen atoms in total. The van der Waals surface area contributed by atoms with Gasteiger partial charge in [-0.15, -0.1) is 0 Å². The van der Waals surface area contributed by atoms with Crippen LogP contribution in [0.1, 0.15) is 0 Å². The summed E-state index contributed by atoms with van der Waals surface area (Å²) in [4.78, 5) is 4.52. The molecule has 1 aromatic carbocycles. The number of thioether (sulfide) groups is 1. The summed E-state index contributed by atoms with van der Waals surface area (Å²) < 4.78 is 39.4. The number of aromatic nitrogens is 2. The van der Waals surface area contributed by atoms with Crippen molar-refractivity contribution in [2.24, 2.45) is 7.05 Å². The molecule has 9 heteroatoms. The number of morpholine rings is 1. The minimum atomic E-state index is -3.46. The van der Waals surface area contributed by atoms with Crippen LogP contribution in [0.3, 0.4) is 0 Å². The molecule has 1 aromatic heterocycles. The summed E-state index contributed by atoms with van der Waals surface area (Å²) in [5.41, 5.74) is 0. The van der Waals surface area contributed by atoms with Gasteiger partial charge in [0, 0.05) is 38.3 Å². The Morgan fingerprint density at radius 3 is 2.60 bits per heavy atom. The van der Waals surface area contributed by atoms with Crippen LogP contribution >= 0.6 is 11.8 Å². The van der Waals surface area contributed by atoms with Crippen molar-refractivity contribution in [3.05, 3.63) is 36.7 Å². The second-order valence-electron chi connectivity index (χ2n) is 5.51. The SMILES string of the molecule is Cn1ccnc1SCCOc1ccc(S(=O)(=O)N2CCOCC2)cc1. The first-order valence-corrected chi connectivity index (χ1v) is 10.4. The molecule has 0 bridgehead atoms. The maximum atomic E-state index is 12.5. The van der Waals surface area contributed by atoms with E-state index in [0.717, 1.165) is 10.9 Å². The van der Waals surface area contributed by atoms with E-state index >= 15 is 0 Å². The van der Waals surface area contributed by atoms with Crippen molar-refractivity contribution in [2.45, 2.75) is 10.1 Å². The van der Waals surface area contributed by atoms with Crippen molar-refractivity contribution >= 4 is 21.8 Å². The second kappa shape index (κ2) is 8.22. The van der Waals surface area contributed by atoms with Gasteiger partial charge in [0.25, 0.3) is 0 Å². The fourth-order valence-electron chi connectivity index (χ4n) is 2.43. The molecule has 0 N–H and O–H groups in total. The summed E-state index contributed by atoms with van der Waals surface area (Å²) in [5.74, 6) is 1.42. The fourth-order valence-corrected chi connectivity index (χ4v) is 4.58. The highest BCUT2D eigenvalue weighted by molar-refractivity contribution is 7.99. The van der Waals surface area contributed by atoms with Crippen molar-refractivity contribution in [1.29, 1.82) is 0 Å². The van der Waals surface area contributed by atoms with Gasteiger partial charge in [0.05, 0.1) is 24.7 Å². The first-order chi connectivity index (χ1) is 12.1. The molecule has 0 atom stereocenters. The molecule has 0 unspecified atom stereocenters. The Morgan fingerprint density at radius 2 is 1.96 bits per heavy atom. The number of rotatable bonds is 7. The Hall–Kier alpha value is -1.55. The molecular formula is C16H21N3O4S2. The van der Waals surface area contributed by atoms with Gasteiger partial charge >= 0.3 is 0 Å². The van der Waals surface area contributed by atoms with Crippen LogP contribution in [0.25, 0.3) is 0 Å². The minimum Gasteiger partial charge on any atom is -0.493 e. The number of aryl methyl sites for hydroxylation is 1. The fraction of sp³-hybridized carbons (Fsp3) is 0.438. The van der Waals surface area contributed by atoms with Gasteiger partial charge in [-0.2, -0.15) is 4.31 Å². The summed E-state index contributed by atoms with van der Waals surface area (Å²) in [6, 6.07) is 6.57. The van der Waals surface area contributed by atoms with Crippen LogP contribution in [0.4, 0.5) is 0 Å². The average Bonchev–Trinajstić information content (AvgIpc) is 3.05. The van der Waals surface area contributed by atoms with Gasteiger partial charge in [0.15, 0.2) is 5.16 Å². The van der Waals surface area contributed by atoms with Gasteiger partial charge in [0.2, 0.25) is 10.0 Å². The Kier molecular flexibility index (Phi) is 6.00. The molecule has 1 saturated heterocycles. The smallest absolute Gasteiger partial charge is 0.243 e. The predicted molar refractivity (Wildman–Crippen MR) is 95.4 cm³/mol. The predicted octanol–water partition coefficient (Wildman–Crippen LogP) is 1.61. The van der Waals surface area contributed by atoms with Gasteiger partial charge in [-0.3, -0.25) is 0 Å². The number of nitrogens with zero attached hydrogens (tertiary/aromatic N) is 3. The van der Waals surface area contributed by atoms with E-state index in [1.807, 2.05) is 17.8 Å². The quantitative estimate of drug-likeness (QED) is 0.534. The van der Waals surface area contributed by atoms with E-state index in [2.05, 4.69) is 4.98 Å². The van der Waals surface area contributed by atoms with Crippen LogP contribution in [-0.4, -0.2) is 60.9 Å². The third kappa shape index (κ3) is 4.55. The highest BCUT2D eigenvalue weighted by Crippen LogP contribution is 2.21. The van der Waals surface area contributed by atoms with Crippen molar-refractivity contribution in [3.8, 4) is 5.75 Å². The summed E-state index contributed by atoms with van der Waals surface area (Å²) in [7, 11) is -1.51. The van der Waals surface area contributed by atoms with E-state index in [-0.39, 0.29) is 4.90 Å². The molecule has 1 aliphatic rings. The Labute approximate surface area is 152 Å². The van der Waals surface area contributed by atoms with Crippen molar-refractivity contribution in [2.75, 3.05) is 38.7 Å². The van der Waals surface area contributed by atoms with E-state index < -0.39 is 10.0 Å². The van der Waals surface area contributed by atoms with E-state index in [0.29, 0.717) is 38.7 Å². The monoisotopic (exact) mass is 383 g/mol. The Balaban J connectivity index is 1.52. The standard InChI is InChI=1S/C16H21N3O4S2/c1-18-7-6-17-16(18)24-13-12-23-14-2-4-15(5-3-14)25(20,21)19-8-10-22-11-9-19/h2-7H,8-13H2,1H3. The van der Waals surface area contributed by atoms with Crippen molar-refractivity contribution in [3.63, 3.8) is 0 Å². The maximum absolute atomic E-state index is 12.5. The lowest BCUT2D eigenvalue weighted by Gasteiger charge is -2.26. The zero-order valence-electron chi connectivity index (χ0n) is 14.0. The molecule has 2 aromatic rings. The van der Waals surface area contributed by atoms with Crippen molar-refractivity contribution < 1.29 is 17.9 Å². The van der Waals surface area contributed by atoms with E-state index in [1.165, 1.54) is 4.31 Å². The second-order valence-corrected chi connectivity index (χ2v) is 8.51. The Bertz CT molecular complexity index is 784. The van der Waals surface area contributed by atoms with Crippen LogP contribution in [-0.2, 0) is 21.8 Å². The van der Waals surface area contributed by atoms with E-state index in [9.17, 15) is 8.42 Å². The van der Waals surface area contributed by atoms with Crippen LogP contribution < -0.4 is 4.74 Å². The first-order valence-electron chi connectivity index (χ1n) is 7.98. The molecule has 136 valence electrons. The lowest BCUT2D eigenvalue weighted by Crippen LogP contribution is -2.40. The third-order valence-electron chi connectivity index (χ3n) is 3.79. The normalized spacial score (nSPS) is 16.0. The number of hydrogen-bond acceptors (Lipinski definition) is 6. The average molecular weight is 383 g/mol. The summed E-state index contributed by atoms with van der Waals surface area (Å²) >= 11 is 1.61. The number of ether oxygens (including phenoxy) is 2. The van der Waals surface area contributed by atoms with E-state index in [4.69, 9.17) is 9.47 Å². The van der Waals surface area contributed by atoms with Crippen molar-refractivity contribution in [1.82, 2.24) is 13.9 Å². The summed E-state index contributed by atoms with van der Waals surface area (Å²) in [5, 5.41) is 0.940. The number of hydrogen-bond donors (Lipinski definition) is 0. The number of benzene rings is 1. The number of imidazole rings is 1. The lowest BCUT2D eigenvalue weighted by molar-refractivity contribution is 0.0730. The molecule has 25 heavy (non-hydrogen) atoms. The van der Waals surface area contributed by atoms with Crippen LogP contribution in [0, 0.1) is 0 Å². The number of sulfonamides is 1. The molecule has 1 aliphatic heterocycles. The van der Waals surface area contributed by atoms with Gasteiger partial charge < -0.3 is 14.0 Å². The van der Waals surface area contributed by atoms with Crippen LogP contribution in [0.5, 0.6) is 5.75 Å². The highest BCUT2D eigenvalue weighted by atomic mass is 32.2.